The van der Waals surface area contributed by atoms with Crippen molar-refractivity contribution in [2.24, 2.45) is 0 Å². The van der Waals surface area contributed by atoms with Crippen molar-refractivity contribution in [1.29, 1.82) is 0 Å². The van der Waals surface area contributed by atoms with E-state index in [1.165, 1.54) is 83.1 Å². The van der Waals surface area contributed by atoms with E-state index in [-0.39, 0.29) is 10.8 Å². The molecule has 2 aliphatic rings. The van der Waals surface area contributed by atoms with Gasteiger partial charge >= 0.3 is 0 Å². The Morgan fingerprint density at radius 3 is 1.74 bits per heavy atom. The number of hydrogen-bond acceptors (Lipinski definition) is 1. The summed E-state index contributed by atoms with van der Waals surface area (Å²) in [5.74, 6) is 0. The van der Waals surface area contributed by atoms with Gasteiger partial charge in [0.25, 0.3) is 0 Å². The van der Waals surface area contributed by atoms with Gasteiger partial charge in [0.2, 0.25) is 0 Å². The minimum Gasteiger partial charge on any atom is -0.310 e. The Kier molecular flexibility index (Phi) is 6.09. The molecular formula is C46H39N. The molecule has 47 heavy (non-hydrogen) atoms. The van der Waals surface area contributed by atoms with E-state index < -0.39 is 0 Å². The Hall–Kier alpha value is -5.14. The number of anilines is 3. The maximum Gasteiger partial charge on any atom is 0.0540 e. The van der Waals surface area contributed by atoms with Gasteiger partial charge in [0.05, 0.1) is 5.69 Å². The largest absolute Gasteiger partial charge is 0.310 e. The van der Waals surface area contributed by atoms with Crippen molar-refractivity contribution in [3.8, 4) is 22.3 Å². The summed E-state index contributed by atoms with van der Waals surface area (Å²) in [7, 11) is 0. The molecule has 0 bridgehead atoms. The van der Waals surface area contributed by atoms with Crippen LogP contribution in [0.15, 0.2) is 140 Å². The molecule has 0 spiro atoms. The van der Waals surface area contributed by atoms with Crippen molar-refractivity contribution in [3.05, 3.63) is 162 Å². The van der Waals surface area contributed by atoms with Crippen LogP contribution < -0.4 is 4.90 Å². The van der Waals surface area contributed by atoms with E-state index in [1.54, 1.807) is 0 Å². The summed E-state index contributed by atoms with van der Waals surface area (Å²) in [6.45, 7) is 9.48. The lowest BCUT2D eigenvalue weighted by Gasteiger charge is -2.32. The van der Waals surface area contributed by atoms with Crippen LogP contribution in [-0.2, 0) is 10.8 Å². The molecule has 7 aromatic carbocycles. The first kappa shape index (κ1) is 28.1. The minimum atomic E-state index is -0.0759. The second-order valence-corrected chi connectivity index (χ2v) is 14.0. The predicted octanol–water partition coefficient (Wildman–Crippen LogP) is 12.9. The van der Waals surface area contributed by atoms with E-state index in [1.807, 2.05) is 0 Å². The van der Waals surface area contributed by atoms with Crippen LogP contribution in [0.4, 0.5) is 17.1 Å². The average Bonchev–Trinajstić information content (AvgIpc) is 3.51. The number of rotatable bonds is 5. The van der Waals surface area contributed by atoms with Gasteiger partial charge in [-0.25, -0.2) is 0 Å². The SMILES string of the molecule is CCC1(CC)c2cc(N(c3ccc4c(c3)C(C)(C)c3ccccc3-4)c3cccc4ccccc34)ccc2-c2cc3ccccc3cc21. The molecule has 0 saturated heterocycles. The highest BCUT2D eigenvalue weighted by molar-refractivity contribution is 6.00. The fraction of sp³-hybridized carbons (Fsp3) is 0.174. The first-order valence-corrected chi connectivity index (χ1v) is 17.1. The summed E-state index contributed by atoms with van der Waals surface area (Å²) in [6.07, 6.45) is 2.12. The molecule has 0 N–H and O–H groups in total. The third-order valence-corrected chi connectivity index (χ3v) is 11.5. The number of hydrogen-bond donors (Lipinski definition) is 0. The quantitative estimate of drug-likeness (QED) is 0.189. The Morgan fingerprint density at radius 1 is 0.447 bits per heavy atom. The fourth-order valence-corrected chi connectivity index (χ4v) is 8.98. The zero-order valence-electron chi connectivity index (χ0n) is 27.6. The van der Waals surface area contributed by atoms with E-state index in [0.29, 0.717) is 0 Å². The molecule has 9 rings (SSSR count). The van der Waals surface area contributed by atoms with Gasteiger partial charge in [0.15, 0.2) is 0 Å². The first-order valence-electron chi connectivity index (χ1n) is 17.1. The predicted molar refractivity (Wildman–Crippen MR) is 200 cm³/mol. The monoisotopic (exact) mass is 605 g/mol. The zero-order chi connectivity index (χ0) is 31.9. The molecule has 228 valence electrons. The standard InChI is InChI=1S/C46H39N/c1-5-46(6-2)42-27-32-16-8-7-15-31(32)26-39(42)38-25-23-34(29-43(38)46)47(44-21-13-17-30-14-9-10-18-35(30)44)33-22-24-37-36-19-11-12-20-40(36)45(3,4)41(37)28-33/h7-29H,5-6H2,1-4H3. The van der Waals surface area contributed by atoms with Crippen molar-refractivity contribution in [2.45, 2.75) is 51.4 Å². The highest BCUT2D eigenvalue weighted by Crippen LogP contribution is 2.56. The van der Waals surface area contributed by atoms with Crippen LogP contribution >= 0.6 is 0 Å². The molecule has 0 aromatic heterocycles. The van der Waals surface area contributed by atoms with E-state index >= 15 is 0 Å². The maximum absolute atomic E-state index is 2.52. The second-order valence-electron chi connectivity index (χ2n) is 14.0. The third-order valence-electron chi connectivity index (χ3n) is 11.5. The Balaban J connectivity index is 1.29. The molecule has 0 saturated carbocycles. The molecule has 0 atom stereocenters. The molecule has 0 amide bonds. The topological polar surface area (TPSA) is 3.24 Å². The van der Waals surface area contributed by atoms with Crippen molar-refractivity contribution in [3.63, 3.8) is 0 Å². The van der Waals surface area contributed by atoms with Crippen molar-refractivity contribution < 1.29 is 0 Å². The Bertz CT molecular complexity index is 2370. The molecule has 0 aliphatic heterocycles. The van der Waals surface area contributed by atoms with Crippen LogP contribution in [0.5, 0.6) is 0 Å². The van der Waals surface area contributed by atoms with E-state index in [9.17, 15) is 0 Å². The van der Waals surface area contributed by atoms with Crippen LogP contribution in [0, 0.1) is 0 Å². The van der Waals surface area contributed by atoms with Crippen LogP contribution in [0.25, 0.3) is 43.8 Å². The van der Waals surface area contributed by atoms with Gasteiger partial charge in [0, 0.05) is 27.6 Å². The number of nitrogens with zero attached hydrogens (tertiary/aromatic N) is 1. The van der Waals surface area contributed by atoms with Gasteiger partial charge in [-0.3, -0.25) is 0 Å². The summed E-state index contributed by atoms with van der Waals surface area (Å²) in [5, 5.41) is 5.14. The molecule has 0 radical (unpaired) electrons. The van der Waals surface area contributed by atoms with Crippen LogP contribution in [-0.4, -0.2) is 0 Å². The minimum absolute atomic E-state index is 0.0310. The molecular weight excluding hydrogens is 567 g/mol. The summed E-state index contributed by atoms with van der Waals surface area (Å²) >= 11 is 0. The molecule has 0 heterocycles. The van der Waals surface area contributed by atoms with E-state index in [0.717, 1.165) is 12.8 Å². The Labute approximate surface area is 278 Å². The molecule has 0 unspecified atom stereocenters. The fourth-order valence-electron chi connectivity index (χ4n) is 8.98. The highest BCUT2D eigenvalue weighted by Gasteiger charge is 2.41. The van der Waals surface area contributed by atoms with Crippen molar-refractivity contribution >= 4 is 38.6 Å². The number of benzene rings is 7. The van der Waals surface area contributed by atoms with Gasteiger partial charge in [-0.1, -0.05) is 125 Å². The average molecular weight is 606 g/mol. The normalized spacial score (nSPS) is 14.9. The molecule has 7 aromatic rings. The van der Waals surface area contributed by atoms with Gasteiger partial charge in [0.1, 0.15) is 0 Å². The van der Waals surface area contributed by atoms with Gasteiger partial charge in [-0.15, -0.1) is 0 Å². The van der Waals surface area contributed by atoms with Crippen LogP contribution in [0.1, 0.15) is 62.8 Å². The zero-order valence-corrected chi connectivity index (χ0v) is 27.6. The van der Waals surface area contributed by atoms with Gasteiger partial charge in [-0.05, 0) is 116 Å². The molecule has 1 nitrogen and oxygen atoms in total. The van der Waals surface area contributed by atoms with Crippen molar-refractivity contribution in [1.82, 2.24) is 0 Å². The lowest BCUT2D eigenvalue weighted by molar-refractivity contribution is 0.491. The summed E-state index contributed by atoms with van der Waals surface area (Å²) in [6, 6.07) is 52.6. The van der Waals surface area contributed by atoms with Crippen LogP contribution in [0.2, 0.25) is 0 Å². The van der Waals surface area contributed by atoms with Gasteiger partial charge < -0.3 is 4.90 Å². The molecule has 2 aliphatic carbocycles. The smallest absolute Gasteiger partial charge is 0.0540 e. The Morgan fingerprint density at radius 2 is 1.00 bits per heavy atom. The molecule has 0 fully saturated rings. The summed E-state index contributed by atoms with van der Waals surface area (Å²) in [4.78, 5) is 2.51. The maximum atomic E-state index is 2.52. The van der Waals surface area contributed by atoms with Crippen molar-refractivity contribution in [2.75, 3.05) is 4.90 Å². The lowest BCUT2D eigenvalue weighted by atomic mass is 9.73. The third kappa shape index (κ3) is 3.90. The van der Waals surface area contributed by atoms with E-state index in [2.05, 4.69) is 172 Å². The van der Waals surface area contributed by atoms with Crippen LogP contribution in [0.3, 0.4) is 0 Å². The summed E-state index contributed by atoms with van der Waals surface area (Å²) < 4.78 is 0. The summed E-state index contributed by atoms with van der Waals surface area (Å²) in [5.41, 5.74) is 14.7. The number of fused-ring (bicyclic) bond motifs is 8. The lowest BCUT2D eigenvalue weighted by Crippen LogP contribution is -2.23. The second kappa shape index (κ2) is 10.2. The van der Waals surface area contributed by atoms with E-state index in [4.69, 9.17) is 0 Å². The first-order chi connectivity index (χ1) is 22.9. The van der Waals surface area contributed by atoms with Gasteiger partial charge in [-0.2, -0.15) is 0 Å². The molecule has 1 heteroatoms. The highest BCUT2D eigenvalue weighted by atomic mass is 15.1.